The Balaban J connectivity index is 1.50. The molecular formula is C26H30N4O. The van der Waals surface area contributed by atoms with Crippen LogP contribution in [0.25, 0.3) is 0 Å². The van der Waals surface area contributed by atoms with Crippen LogP contribution in [-0.2, 0) is 13.0 Å². The molecule has 1 heterocycles. The van der Waals surface area contributed by atoms with Gasteiger partial charge >= 0.3 is 6.03 Å². The average molecular weight is 415 g/mol. The van der Waals surface area contributed by atoms with E-state index in [0.29, 0.717) is 6.54 Å². The Morgan fingerprint density at radius 2 is 1.61 bits per heavy atom. The van der Waals surface area contributed by atoms with Gasteiger partial charge in [-0.05, 0) is 47.4 Å². The number of amides is 2. The Kier molecular flexibility index (Phi) is 6.53. The largest absolute Gasteiger partial charge is 0.378 e. The number of rotatable bonds is 6. The molecular weight excluding hydrogens is 384 g/mol. The first-order chi connectivity index (χ1) is 15.1. The number of hydrogen-bond acceptors (Lipinski definition) is 3. The molecule has 5 nitrogen and oxygen atoms in total. The van der Waals surface area contributed by atoms with Gasteiger partial charge in [0.2, 0.25) is 0 Å². The fourth-order valence-electron chi connectivity index (χ4n) is 4.12. The van der Waals surface area contributed by atoms with Crippen molar-refractivity contribution in [1.82, 2.24) is 10.2 Å². The van der Waals surface area contributed by atoms with Gasteiger partial charge in [0, 0.05) is 45.1 Å². The van der Waals surface area contributed by atoms with E-state index in [2.05, 4.69) is 69.0 Å². The summed E-state index contributed by atoms with van der Waals surface area (Å²) >= 11 is 0. The number of urea groups is 1. The van der Waals surface area contributed by atoms with Crippen LogP contribution in [0.4, 0.5) is 16.2 Å². The first-order valence-electron chi connectivity index (χ1n) is 10.8. The van der Waals surface area contributed by atoms with Gasteiger partial charge in [-0.3, -0.25) is 4.90 Å². The van der Waals surface area contributed by atoms with Crippen molar-refractivity contribution >= 4 is 17.4 Å². The van der Waals surface area contributed by atoms with Gasteiger partial charge in [0.05, 0.1) is 6.04 Å². The fourth-order valence-corrected chi connectivity index (χ4v) is 4.12. The summed E-state index contributed by atoms with van der Waals surface area (Å²) in [4.78, 5) is 17.1. The molecule has 1 aliphatic rings. The van der Waals surface area contributed by atoms with Crippen molar-refractivity contribution in [2.75, 3.05) is 37.4 Å². The van der Waals surface area contributed by atoms with Gasteiger partial charge in [0.15, 0.2) is 0 Å². The number of carbonyl (C=O) groups is 1. The highest BCUT2D eigenvalue weighted by Gasteiger charge is 2.25. The quantitative estimate of drug-likeness (QED) is 0.616. The van der Waals surface area contributed by atoms with Crippen LogP contribution >= 0.6 is 0 Å². The van der Waals surface area contributed by atoms with Crippen molar-refractivity contribution in [2.24, 2.45) is 0 Å². The van der Waals surface area contributed by atoms with Gasteiger partial charge in [-0.1, -0.05) is 54.6 Å². The topological polar surface area (TPSA) is 47.6 Å². The van der Waals surface area contributed by atoms with Crippen molar-refractivity contribution in [3.63, 3.8) is 0 Å². The minimum absolute atomic E-state index is 0.103. The summed E-state index contributed by atoms with van der Waals surface area (Å²) in [6, 6.07) is 26.7. The summed E-state index contributed by atoms with van der Waals surface area (Å²) in [5.74, 6) is 0. The monoisotopic (exact) mass is 414 g/mol. The lowest BCUT2D eigenvalue weighted by Gasteiger charge is -2.36. The van der Waals surface area contributed by atoms with Crippen LogP contribution in [0.3, 0.4) is 0 Å². The third-order valence-electron chi connectivity index (χ3n) is 5.88. The molecule has 31 heavy (non-hydrogen) atoms. The highest BCUT2D eigenvalue weighted by Crippen LogP contribution is 2.28. The van der Waals surface area contributed by atoms with Crippen LogP contribution in [0.2, 0.25) is 0 Å². The molecule has 1 aliphatic heterocycles. The predicted molar refractivity (Wildman–Crippen MR) is 128 cm³/mol. The van der Waals surface area contributed by atoms with Gasteiger partial charge in [-0.15, -0.1) is 0 Å². The highest BCUT2D eigenvalue weighted by atomic mass is 16.2. The minimum atomic E-state index is -0.182. The molecule has 3 aromatic rings. The Labute approximate surface area is 184 Å². The lowest BCUT2D eigenvalue weighted by molar-refractivity contribution is 0.175. The highest BCUT2D eigenvalue weighted by molar-refractivity contribution is 5.89. The van der Waals surface area contributed by atoms with E-state index in [-0.39, 0.29) is 12.1 Å². The van der Waals surface area contributed by atoms with Crippen LogP contribution in [0, 0.1) is 0 Å². The number of anilines is 2. The molecule has 0 bridgehead atoms. The van der Waals surface area contributed by atoms with E-state index in [9.17, 15) is 4.79 Å². The normalized spacial score (nSPS) is 14.4. The Hall–Kier alpha value is -3.31. The van der Waals surface area contributed by atoms with E-state index in [4.69, 9.17) is 0 Å². The number of nitrogens with one attached hydrogen (secondary N) is 2. The molecule has 0 unspecified atom stereocenters. The second kappa shape index (κ2) is 9.67. The standard InChI is InChI=1S/C26H30N4O/c1-29(2)24-14-12-21(13-15-24)25(18-27-26(31)28-23-10-4-3-5-11-23)30-17-16-20-8-6-7-9-22(20)19-30/h3-15,25H,16-19H2,1-2H3,(H2,27,28,31)/t25-/m0/s1. The number of hydrogen-bond donors (Lipinski definition) is 2. The van der Waals surface area contributed by atoms with Crippen LogP contribution in [0.1, 0.15) is 22.7 Å². The summed E-state index contributed by atoms with van der Waals surface area (Å²) in [5, 5.41) is 6.00. The molecule has 0 spiro atoms. The average Bonchev–Trinajstić information content (AvgIpc) is 2.80. The molecule has 5 heteroatoms. The van der Waals surface area contributed by atoms with Gasteiger partial charge in [-0.2, -0.15) is 0 Å². The Bertz CT molecular complexity index is 1000. The molecule has 2 amide bonds. The Morgan fingerprint density at radius 3 is 2.32 bits per heavy atom. The molecule has 0 saturated heterocycles. The van der Waals surface area contributed by atoms with Crippen LogP contribution in [0.15, 0.2) is 78.9 Å². The summed E-state index contributed by atoms with van der Waals surface area (Å²) in [6.07, 6.45) is 1.03. The SMILES string of the molecule is CN(C)c1ccc([C@H](CNC(=O)Nc2ccccc2)N2CCc3ccccc3C2)cc1. The van der Waals surface area contributed by atoms with Crippen molar-refractivity contribution in [3.8, 4) is 0 Å². The lowest BCUT2D eigenvalue weighted by atomic mass is 9.96. The number of benzene rings is 3. The molecule has 3 aromatic carbocycles. The zero-order valence-electron chi connectivity index (χ0n) is 18.2. The van der Waals surface area contributed by atoms with Gasteiger partial charge in [0.1, 0.15) is 0 Å². The lowest BCUT2D eigenvalue weighted by Crippen LogP contribution is -2.41. The molecule has 0 saturated carbocycles. The Morgan fingerprint density at radius 1 is 0.935 bits per heavy atom. The van der Waals surface area contributed by atoms with Gasteiger partial charge < -0.3 is 15.5 Å². The predicted octanol–water partition coefficient (Wildman–Crippen LogP) is 4.67. The smallest absolute Gasteiger partial charge is 0.319 e. The van der Waals surface area contributed by atoms with Crippen molar-refractivity contribution < 1.29 is 4.79 Å². The van der Waals surface area contributed by atoms with E-state index in [1.165, 1.54) is 22.4 Å². The van der Waals surface area contributed by atoms with Crippen molar-refractivity contribution in [3.05, 3.63) is 95.6 Å². The molecule has 4 rings (SSSR count). The number of carbonyl (C=O) groups excluding carboxylic acids is 1. The van der Waals surface area contributed by atoms with Gasteiger partial charge in [0.25, 0.3) is 0 Å². The first kappa shape index (κ1) is 20.9. The van der Waals surface area contributed by atoms with E-state index < -0.39 is 0 Å². The molecule has 2 N–H and O–H groups in total. The van der Waals surface area contributed by atoms with E-state index in [0.717, 1.165) is 25.2 Å². The maximum absolute atomic E-state index is 12.5. The zero-order valence-corrected chi connectivity index (χ0v) is 18.2. The number of para-hydroxylation sites is 1. The van der Waals surface area contributed by atoms with E-state index in [1.807, 2.05) is 44.4 Å². The van der Waals surface area contributed by atoms with E-state index >= 15 is 0 Å². The van der Waals surface area contributed by atoms with Gasteiger partial charge in [-0.25, -0.2) is 4.79 Å². The maximum atomic E-state index is 12.5. The molecule has 1 atom stereocenters. The fraction of sp³-hybridized carbons (Fsp3) is 0.269. The third-order valence-corrected chi connectivity index (χ3v) is 5.88. The van der Waals surface area contributed by atoms with Crippen molar-refractivity contribution in [2.45, 2.75) is 19.0 Å². The summed E-state index contributed by atoms with van der Waals surface area (Å²) in [5.41, 5.74) is 5.97. The maximum Gasteiger partial charge on any atom is 0.319 e. The zero-order chi connectivity index (χ0) is 21.6. The van der Waals surface area contributed by atoms with E-state index in [1.54, 1.807) is 0 Å². The van der Waals surface area contributed by atoms with Crippen LogP contribution in [-0.4, -0.2) is 38.1 Å². The third kappa shape index (κ3) is 5.25. The minimum Gasteiger partial charge on any atom is -0.378 e. The first-order valence-corrected chi connectivity index (χ1v) is 10.8. The van der Waals surface area contributed by atoms with Crippen LogP contribution < -0.4 is 15.5 Å². The molecule has 0 fully saturated rings. The van der Waals surface area contributed by atoms with Crippen molar-refractivity contribution in [1.29, 1.82) is 0 Å². The molecule has 0 radical (unpaired) electrons. The number of nitrogens with zero attached hydrogens (tertiary/aromatic N) is 2. The summed E-state index contributed by atoms with van der Waals surface area (Å²) < 4.78 is 0. The van der Waals surface area contributed by atoms with Crippen LogP contribution in [0.5, 0.6) is 0 Å². The molecule has 0 aliphatic carbocycles. The molecule has 160 valence electrons. The molecule has 0 aromatic heterocycles. The summed E-state index contributed by atoms with van der Waals surface area (Å²) in [7, 11) is 4.09. The second-order valence-corrected chi connectivity index (χ2v) is 8.19. The number of fused-ring (bicyclic) bond motifs is 1. The second-order valence-electron chi connectivity index (χ2n) is 8.19. The summed E-state index contributed by atoms with van der Waals surface area (Å²) in [6.45, 7) is 2.40.